The predicted octanol–water partition coefficient (Wildman–Crippen LogP) is 1.60. The summed E-state index contributed by atoms with van der Waals surface area (Å²) in [7, 11) is 0. The second-order valence-electron chi connectivity index (χ2n) is 5.16. The summed E-state index contributed by atoms with van der Waals surface area (Å²) < 4.78 is 2.04. The van der Waals surface area contributed by atoms with Crippen LogP contribution >= 0.6 is 0 Å². The highest BCUT2D eigenvalue weighted by atomic mass is 15.2. The molecule has 19 heavy (non-hydrogen) atoms. The molecule has 1 atom stereocenters. The van der Waals surface area contributed by atoms with Gasteiger partial charge in [0.25, 0.3) is 0 Å². The number of fused-ring (bicyclic) bond motifs is 1. The van der Waals surface area contributed by atoms with Crippen molar-refractivity contribution in [2.75, 3.05) is 19.6 Å². The molecule has 1 aliphatic heterocycles. The van der Waals surface area contributed by atoms with E-state index >= 15 is 0 Å². The lowest BCUT2D eigenvalue weighted by molar-refractivity contribution is 0.165. The average molecular weight is 254 g/mol. The van der Waals surface area contributed by atoms with Gasteiger partial charge in [-0.25, -0.2) is 0 Å². The average Bonchev–Trinajstić information content (AvgIpc) is 2.78. The van der Waals surface area contributed by atoms with Crippen molar-refractivity contribution in [3.63, 3.8) is 0 Å². The molecule has 98 valence electrons. The van der Waals surface area contributed by atoms with Crippen molar-refractivity contribution < 1.29 is 0 Å². The molecule has 2 aromatic rings. The second-order valence-corrected chi connectivity index (χ2v) is 5.16. The topological polar surface area (TPSA) is 43.5 Å². The van der Waals surface area contributed by atoms with Crippen molar-refractivity contribution in [3.8, 4) is 6.07 Å². The molecule has 0 unspecified atom stereocenters. The summed E-state index contributed by atoms with van der Waals surface area (Å²) in [6, 6.07) is 8.85. The van der Waals surface area contributed by atoms with Crippen LogP contribution in [0.2, 0.25) is 0 Å². The van der Waals surface area contributed by atoms with Crippen molar-refractivity contribution in [2.45, 2.75) is 19.5 Å². The molecule has 1 fully saturated rings. The second kappa shape index (κ2) is 5.04. The summed E-state index contributed by atoms with van der Waals surface area (Å²) in [4.78, 5) is 2.44. The van der Waals surface area contributed by atoms with Gasteiger partial charge in [-0.1, -0.05) is 6.07 Å². The highest BCUT2D eigenvalue weighted by Crippen LogP contribution is 2.20. The third-order valence-corrected chi connectivity index (χ3v) is 3.89. The number of hydrogen-bond acceptors (Lipinski definition) is 3. The minimum atomic E-state index is 0.517. The van der Waals surface area contributed by atoms with Gasteiger partial charge in [-0.05, 0) is 19.1 Å². The fraction of sp³-hybridized carbons (Fsp3) is 0.400. The van der Waals surface area contributed by atoms with Crippen molar-refractivity contribution in [2.24, 2.45) is 0 Å². The van der Waals surface area contributed by atoms with E-state index < -0.39 is 0 Å². The highest BCUT2D eigenvalue weighted by molar-refractivity contribution is 5.65. The molecule has 0 amide bonds. The van der Waals surface area contributed by atoms with E-state index in [4.69, 9.17) is 0 Å². The molecule has 4 nitrogen and oxygen atoms in total. The fourth-order valence-electron chi connectivity index (χ4n) is 2.76. The lowest BCUT2D eigenvalue weighted by atomic mass is 10.1. The van der Waals surface area contributed by atoms with E-state index in [2.05, 4.69) is 29.4 Å². The molecule has 0 saturated carbocycles. The van der Waals surface area contributed by atoms with Crippen LogP contribution in [-0.2, 0) is 6.54 Å². The first kappa shape index (κ1) is 12.2. The molecular weight excluding hydrogens is 236 g/mol. The zero-order valence-electron chi connectivity index (χ0n) is 11.1. The molecule has 0 radical (unpaired) electrons. The Kier molecular flexibility index (Phi) is 3.24. The number of rotatable bonds is 2. The molecular formula is C15H18N4. The zero-order valence-corrected chi connectivity index (χ0v) is 11.1. The molecule has 3 rings (SSSR count). The van der Waals surface area contributed by atoms with Crippen LogP contribution in [0, 0.1) is 11.3 Å². The smallest absolute Gasteiger partial charge is 0.102 e. The Bertz CT molecular complexity index is 623. The molecule has 3 heterocycles. The Hall–Kier alpha value is -1.83. The van der Waals surface area contributed by atoms with Gasteiger partial charge in [0, 0.05) is 50.2 Å². The predicted molar refractivity (Wildman–Crippen MR) is 74.9 cm³/mol. The van der Waals surface area contributed by atoms with Gasteiger partial charge in [-0.15, -0.1) is 0 Å². The largest absolute Gasteiger partial charge is 0.322 e. The Morgan fingerprint density at radius 2 is 2.37 bits per heavy atom. The molecule has 1 aliphatic rings. The number of pyridine rings is 1. The number of piperazine rings is 1. The van der Waals surface area contributed by atoms with E-state index in [1.54, 1.807) is 0 Å². The summed E-state index contributed by atoms with van der Waals surface area (Å²) in [6.45, 7) is 6.18. The van der Waals surface area contributed by atoms with Gasteiger partial charge in [-0.2, -0.15) is 5.26 Å². The molecule has 1 N–H and O–H groups in total. The quantitative estimate of drug-likeness (QED) is 0.885. The van der Waals surface area contributed by atoms with E-state index in [0.29, 0.717) is 6.04 Å². The summed E-state index contributed by atoms with van der Waals surface area (Å²) in [5.41, 5.74) is 2.94. The SMILES string of the molecule is C[C@@H]1CNCCN1Cc1cn2ccccc2c1C#N. The van der Waals surface area contributed by atoms with Crippen LogP contribution in [0.25, 0.3) is 5.52 Å². The Morgan fingerprint density at radius 3 is 3.16 bits per heavy atom. The molecule has 0 aliphatic carbocycles. The highest BCUT2D eigenvalue weighted by Gasteiger charge is 2.20. The Morgan fingerprint density at radius 1 is 1.47 bits per heavy atom. The third kappa shape index (κ3) is 2.23. The Labute approximate surface area is 113 Å². The van der Waals surface area contributed by atoms with Gasteiger partial charge in [0.15, 0.2) is 0 Å². The van der Waals surface area contributed by atoms with Crippen molar-refractivity contribution in [3.05, 3.63) is 41.7 Å². The van der Waals surface area contributed by atoms with E-state index in [-0.39, 0.29) is 0 Å². The molecule has 0 bridgehead atoms. The van der Waals surface area contributed by atoms with Crippen LogP contribution in [0.1, 0.15) is 18.1 Å². The Balaban J connectivity index is 1.94. The zero-order chi connectivity index (χ0) is 13.2. The maximum absolute atomic E-state index is 9.41. The third-order valence-electron chi connectivity index (χ3n) is 3.89. The fourth-order valence-corrected chi connectivity index (χ4v) is 2.76. The van der Waals surface area contributed by atoms with Crippen LogP contribution in [-0.4, -0.2) is 35.0 Å². The van der Waals surface area contributed by atoms with Crippen LogP contribution in [0.15, 0.2) is 30.6 Å². The van der Waals surface area contributed by atoms with Gasteiger partial charge in [0.1, 0.15) is 6.07 Å². The summed E-state index contributed by atoms with van der Waals surface area (Å²) in [5.74, 6) is 0. The molecule has 1 saturated heterocycles. The van der Waals surface area contributed by atoms with Gasteiger partial charge in [-0.3, -0.25) is 4.90 Å². The monoisotopic (exact) mass is 254 g/mol. The molecule has 2 aromatic heterocycles. The normalized spacial score (nSPS) is 20.5. The van der Waals surface area contributed by atoms with Crippen LogP contribution in [0.5, 0.6) is 0 Å². The van der Waals surface area contributed by atoms with E-state index in [1.165, 1.54) is 0 Å². The summed E-state index contributed by atoms with van der Waals surface area (Å²) >= 11 is 0. The number of aromatic nitrogens is 1. The van der Waals surface area contributed by atoms with Gasteiger partial charge in [0.05, 0.1) is 11.1 Å². The number of nitriles is 1. The number of hydrogen-bond donors (Lipinski definition) is 1. The van der Waals surface area contributed by atoms with Crippen LogP contribution in [0.4, 0.5) is 0 Å². The summed E-state index contributed by atoms with van der Waals surface area (Å²) in [6.07, 6.45) is 4.09. The number of nitrogens with one attached hydrogen (secondary N) is 1. The first-order valence-electron chi connectivity index (χ1n) is 6.73. The maximum atomic E-state index is 9.41. The standard InChI is InChI=1S/C15H18N4/c1-12-9-17-5-7-18(12)10-13-11-19-6-3-2-4-15(19)14(13)8-16/h2-4,6,11-12,17H,5,7,9-10H2,1H3/t12-/m1/s1. The van der Waals surface area contributed by atoms with E-state index in [9.17, 15) is 5.26 Å². The number of nitrogens with zero attached hydrogens (tertiary/aromatic N) is 3. The van der Waals surface area contributed by atoms with Crippen LogP contribution < -0.4 is 5.32 Å². The minimum absolute atomic E-state index is 0.517. The van der Waals surface area contributed by atoms with Crippen molar-refractivity contribution in [1.82, 2.24) is 14.6 Å². The minimum Gasteiger partial charge on any atom is -0.322 e. The first-order chi connectivity index (χ1) is 9.29. The molecule has 4 heteroatoms. The van der Waals surface area contributed by atoms with Crippen molar-refractivity contribution >= 4 is 5.52 Å². The first-order valence-corrected chi connectivity index (χ1v) is 6.73. The van der Waals surface area contributed by atoms with Crippen molar-refractivity contribution in [1.29, 1.82) is 5.26 Å². The molecule has 0 spiro atoms. The maximum Gasteiger partial charge on any atom is 0.102 e. The van der Waals surface area contributed by atoms with Gasteiger partial charge < -0.3 is 9.72 Å². The lowest BCUT2D eigenvalue weighted by Crippen LogP contribution is -2.49. The van der Waals surface area contributed by atoms with Gasteiger partial charge >= 0.3 is 0 Å². The summed E-state index contributed by atoms with van der Waals surface area (Å²) in [5, 5.41) is 12.8. The molecule has 0 aromatic carbocycles. The van der Waals surface area contributed by atoms with Gasteiger partial charge in [0.2, 0.25) is 0 Å². The van der Waals surface area contributed by atoms with E-state index in [0.717, 1.165) is 42.8 Å². The van der Waals surface area contributed by atoms with Crippen LogP contribution in [0.3, 0.4) is 0 Å². The van der Waals surface area contributed by atoms with E-state index in [1.807, 2.05) is 28.8 Å². The lowest BCUT2D eigenvalue weighted by Gasteiger charge is -2.33.